The lowest BCUT2D eigenvalue weighted by Crippen LogP contribution is -2.57. The number of carbonyl (C=O) groups excluding carboxylic acids is 1. The highest BCUT2D eigenvalue weighted by Crippen LogP contribution is 2.41. The molecule has 9 nitrogen and oxygen atoms in total. The number of benzene rings is 2. The van der Waals surface area contributed by atoms with Crippen LogP contribution in [0.15, 0.2) is 46.6 Å². The molecule has 0 radical (unpaired) electrons. The van der Waals surface area contributed by atoms with Crippen molar-refractivity contribution in [3.8, 4) is 5.88 Å². The van der Waals surface area contributed by atoms with Gasteiger partial charge >= 0.3 is 18.4 Å². The van der Waals surface area contributed by atoms with E-state index in [1.807, 2.05) is 0 Å². The maximum Gasteiger partial charge on any atom is 0.416 e. The summed E-state index contributed by atoms with van der Waals surface area (Å²) in [4.78, 5) is 20.1. The predicted octanol–water partition coefficient (Wildman–Crippen LogP) is 4.71. The zero-order valence-electron chi connectivity index (χ0n) is 24.8. The molecule has 1 fully saturated rings. The van der Waals surface area contributed by atoms with Gasteiger partial charge in [0, 0.05) is 31.6 Å². The minimum Gasteiger partial charge on any atom is -0.492 e. The van der Waals surface area contributed by atoms with E-state index in [1.54, 1.807) is 43.9 Å². The lowest BCUT2D eigenvalue weighted by atomic mass is 9.94. The predicted molar refractivity (Wildman–Crippen MR) is 157 cm³/mol. The summed E-state index contributed by atoms with van der Waals surface area (Å²) in [6, 6.07) is 5.57. The van der Waals surface area contributed by atoms with Gasteiger partial charge in [0.2, 0.25) is 5.88 Å². The highest BCUT2D eigenvalue weighted by atomic mass is 32.1. The topological polar surface area (TPSA) is 111 Å². The molecule has 2 aliphatic rings. The number of aromatic hydroxyl groups is 1. The van der Waals surface area contributed by atoms with Crippen LogP contribution >= 0.6 is 11.3 Å². The molecule has 1 unspecified atom stereocenters. The molecule has 2 aliphatic heterocycles. The Labute approximate surface area is 262 Å². The first-order valence-corrected chi connectivity index (χ1v) is 14.8. The maximum absolute atomic E-state index is 14.1. The van der Waals surface area contributed by atoms with Crippen molar-refractivity contribution in [1.82, 2.24) is 9.88 Å². The normalized spacial score (nSPS) is 17.6. The van der Waals surface area contributed by atoms with E-state index in [4.69, 9.17) is 4.74 Å². The lowest BCUT2D eigenvalue weighted by molar-refractivity contribution is -0.143. The first kappa shape index (κ1) is 33.2. The Morgan fingerprint density at radius 2 is 1.78 bits per heavy atom. The average molecular weight is 670 g/mol. The number of fused-ring (bicyclic) bond motifs is 1. The van der Waals surface area contributed by atoms with Crippen LogP contribution in [0.1, 0.15) is 47.9 Å². The van der Waals surface area contributed by atoms with Crippen LogP contribution in [0.5, 0.6) is 5.88 Å². The largest absolute Gasteiger partial charge is 0.492 e. The fraction of sp³-hybridized carbons (Fsp3) is 0.400. The molecule has 0 bridgehead atoms. The number of aliphatic hydroxyl groups excluding tert-OH is 1. The number of aromatic nitrogens is 1. The van der Waals surface area contributed by atoms with E-state index in [0.717, 1.165) is 17.4 Å². The fourth-order valence-corrected chi connectivity index (χ4v) is 6.26. The van der Waals surface area contributed by atoms with Crippen LogP contribution in [0.2, 0.25) is 0 Å². The van der Waals surface area contributed by atoms with Gasteiger partial charge in [-0.3, -0.25) is 0 Å². The monoisotopic (exact) mass is 669 g/mol. The zero-order chi connectivity index (χ0) is 33.6. The van der Waals surface area contributed by atoms with Crippen molar-refractivity contribution in [2.24, 2.45) is 10.2 Å². The molecule has 1 amide bonds. The second-order valence-electron chi connectivity index (χ2n) is 11.7. The molecule has 2 aromatic carbocycles. The van der Waals surface area contributed by atoms with Crippen molar-refractivity contribution in [3.63, 3.8) is 0 Å². The number of nitrogens with zero attached hydrogens (tertiary/aromatic N) is 5. The Morgan fingerprint density at radius 3 is 2.43 bits per heavy atom. The second kappa shape index (κ2) is 12.2. The first-order valence-electron chi connectivity index (χ1n) is 14.0. The van der Waals surface area contributed by atoms with Gasteiger partial charge in [0.25, 0.3) is 0 Å². The van der Waals surface area contributed by atoms with Gasteiger partial charge in [-0.25, -0.2) is 4.79 Å². The summed E-state index contributed by atoms with van der Waals surface area (Å²) in [7, 11) is 0. The van der Waals surface area contributed by atoms with Gasteiger partial charge in [-0.2, -0.15) is 41.5 Å². The third-order valence-corrected chi connectivity index (χ3v) is 8.45. The zero-order valence-corrected chi connectivity index (χ0v) is 25.6. The van der Waals surface area contributed by atoms with Crippen LogP contribution < -0.4 is 15.5 Å². The fourth-order valence-electron chi connectivity index (χ4n) is 5.14. The Kier molecular flexibility index (Phi) is 8.81. The van der Waals surface area contributed by atoms with E-state index in [-0.39, 0.29) is 47.9 Å². The number of ether oxygens (including phenoxy) is 1. The van der Waals surface area contributed by atoms with E-state index < -0.39 is 59.1 Å². The molecule has 3 aromatic rings. The number of hydrogen-bond donors (Lipinski definition) is 2. The maximum atomic E-state index is 14.1. The molecule has 1 atom stereocenters. The number of rotatable bonds is 5. The second-order valence-corrected chi connectivity index (χ2v) is 12.7. The minimum absolute atomic E-state index is 0.0752. The number of aliphatic hydroxyl groups is 1. The van der Waals surface area contributed by atoms with Crippen molar-refractivity contribution >= 4 is 34.3 Å². The van der Waals surface area contributed by atoms with Crippen LogP contribution in [0, 0.1) is 0 Å². The molecule has 2 N–H and O–H groups in total. The van der Waals surface area contributed by atoms with Gasteiger partial charge < -0.3 is 24.7 Å². The summed E-state index contributed by atoms with van der Waals surface area (Å²) in [5.74, 6) is -0.513. The number of piperazine rings is 1. The standard InChI is InChI=1S/C30H29F6N5O4S/c1-28(2,3)45-27(44)40-8-9-41(20(14-40)15-42)26-38-25(43)24(46-26)21(16-5-7-23-18(10-16)13-37-39-23)11-17-4-6-19(29(31,32)33)12-22(17)30(34,35)36/h4-7,10,12-13,20,42-43H,8-9,11,14-15H2,1-3H3. The van der Waals surface area contributed by atoms with Crippen molar-refractivity contribution in [1.29, 1.82) is 0 Å². The van der Waals surface area contributed by atoms with Gasteiger partial charge in [-0.1, -0.05) is 23.5 Å². The molecule has 1 saturated heterocycles. The molecule has 5 rings (SSSR count). The van der Waals surface area contributed by atoms with Gasteiger partial charge in [0.15, 0.2) is 5.13 Å². The number of hydrogen-bond acceptors (Lipinski definition) is 9. The Bertz CT molecular complexity index is 1800. The molecular formula is C30H29F6N5O4S. The van der Waals surface area contributed by atoms with Crippen molar-refractivity contribution in [2.45, 2.75) is 51.2 Å². The van der Waals surface area contributed by atoms with Crippen LogP contribution in [0.25, 0.3) is 5.57 Å². The molecule has 46 heavy (non-hydrogen) atoms. The summed E-state index contributed by atoms with van der Waals surface area (Å²) in [5.41, 5.74) is -3.35. The Hall–Kier alpha value is -4.18. The van der Waals surface area contributed by atoms with Crippen molar-refractivity contribution < 1.29 is 46.1 Å². The van der Waals surface area contributed by atoms with Gasteiger partial charge in [-0.15, -0.1) is 0 Å². The minimum atomic E-state index is -5.10. The molecule has 246 valence electrons. The van der Waals surface area contributed by atoms with Crippen LogP contribution in [-0.2, 0) is 23.5 Å². The highest BCUT2D eigenvalue weighted by Gasteiger charge is 2.39. The van der Waals surface area contributed by atoms with Crippen LogP contribution in [0.3, 0.4) is 0 Å². The number of halogens is 6. The summed E-state index contributed by atoms with van der Waals surface area (Å²) < 4.78 is 87.8. The SMILES string of the molecule is CC(C)(C)OC(=O)N1CCN(c2nc(O)c(C(Cc3ccc(C(F)(F)F)cc3C(F)(F)F)=c3ccc4c(c3)C=NN=4)s2)C(CO)C1. The average Bonchev–Trinajstić information content (AvgIpc) is 3.59. The van der Waals surface area contributed by atoms with Gasteiger partial charge in [-0.05, 0) is 61.4 Å². The van der Waals surface area contributed by atoms with E-state index in [9.17, 15) is 41.4 Å². The molecule has 1 aromatic heterocycles. The van der Waals surface area contributed by atoms with Crippen molar-refractivity contribution in [3.05, 3.63) is 74.1 Å². The van der Waals surface area contributed by atoms with E-state index >= 15 is 0 Å². The summed E-state index contributed by atoms with van der Waals surface area (Å²) >= 11 is 0.945. The third kappa shape index (κ3) is 7.12. The molecular weight excluding hydrogens is 640 g/mol. The Balaban J connectivity index is 1.57. The smallest absolute Gasteiger partial charge is 0.416 e. The van der Waals surface area contributed by atoms with Gasteiger partial charge in [0.1, 0.15) is 5.60 Å². The molecule has 16 heteroatoms. The number of carbonyl (C=O) groups is 1. The van der Waals surface area contributed by atoms with Crippen LogP contribution in [0.4, 0.5) is 36.3 Å². The van der Waals surface area contributed by atoms with Gasteiger partial charge in [0.05, 0.1) is 40.2 Å². The third-order valence-electron chi connectivity index (χ3n) is 7.31. The quantitative estimate of drug-likeness (QED) is 0.381. The van der Waals surface area contributed by atoms with E-state index in [1.165, 1.54) is 11.1 Å². The van der Waals surface area contributed by atoms with E-state index in [2.05, 4.69) is 15.2 Å². The summed E-state index contributed by atoms with van der Waals surface area (Å²) in [6.45, 7) is 5.26. The van der Waals surface area contributed by atoms with Crippen molar-refractivity contribution in [2.75, 3.05) is 31.1 Å². The summed E-state index contributed by atoms with van der Waals surface area (Å²) in [5, 5.41) is 30.1. The van der Waals surface area contributed by atoms with Crippen LogP contribution in [-0.4, -0.2) is 70.3 Å². The molecule has 0 aliphatic carbocycles. The number of thiazole rings is 1. The molecule has 0 spiro atoms. The summed E-state index contributed by atoms with van der Waals surface area (Å²) in [6.07, 6.45) is -9.72. The molecule has 0 saturated carbocycles. The number of amides is 1. The molecule has 3 heterocycles. The lowest BCUT2D eigenvalue weighted by Gasteiger charge is -2.40. The van der Waals surface area contributed by atoms with E-state index in [0.29, 0.717) is 22.2 Å². The Morgan fingerprint density at radius 1 is 1.04 bits per heavy atom. The highest BCUT2D eigenvalue weighted by molar-refractivity contribution is 7.17. The number of alkyl halides is 6. The first-order chi connectivity index (χ1) is 21.4. The number of anilines is 1.